The molecule has 0 spiro atoms. The molecule has 5 rings (SSSR count). The molecule has 3 heterocycles. The molecule has 0 atom stereocenters. The fourth-order valence-electron chi connectivity index (χ4n) is 4.12. The summed E-state index contributed by atoms with van der Waals surface area (Å²) < 4.78 is 5.36. The van der Waals surface area contributed by atoms with E-state index in [4.69, 9.17) is 26.7 Å². The van der Waals surface area contributed by atoms with Gasteiger partial charge in [-0.25, -0.2) is 4.98 Å². The third-order valence-corrected chi connectivity index (χ3v) is 6.16. The molecule has 2 N–H and O–H groups in total. The minimum Gasteiger partial charge on any atom is -0.424 e. The van der Waals surface area contributed by atoms with E-state index in [2.05, 4.69) is 33.6 Å². The smallest absolute Gasteiger partial charge is 0.292 e. The standard InChI is InChI=1S/C22H23ClN6O/c1-3-28(4-2)14-11-29(12-14)21-10-25-17-6-5-13(7-18(17)26-21)15-8-19-20(9-16(15)23)30-22(24)27-19/h5-10,14H,3-4,11-12H2,1-2H3,(H2,24,27). The molecular weight excluding hydrogens is 400 g/mol. The molecule has 7 nitrogen and oxygen atoms in total. The molecule has 154 valence electrons. The molecule has 1 fully saturated rings. The van der Waals surface area contributed by atoms with Crippen molar-refractivity contribution in [3.8, 4) is 11.1 Å². The Kier molecular flexibility index (Phi) is 4.72. The van der Waals surface area contributed by atoms with Crippen LogP contribution in [-0.4, -0.2) is 52.1 Å². The summed E-state index contributed by atoms with van der Waals surface area (Å²) in [7, 11) is 0. The van der Waals surface area contributed by atoms with Crippen LogP contribution in [0.25, 0.3) is 33.3 Å². The van der Waals surface area contributed by atoms with E-state index in [0.29, 0.717) is 22.2 Å². The largest absolute Gasteiger partial charge is 0.424 e. The van der Waals surface area contributed by atoms with E-state index in [-0.39, 0.29) is 6.01 Å². The first-order valence-corrected chi connectivity index (χ1v) is 10.5. The van der Waals surface area contributed by atoms with Gasteiger partial charge in [-0.2, -0.15) is 4.98 Å². The molecule has 1 aliphatic rings. The number of anilines is 2. The van der Waals surface area contributed by atoms with Crippen molar-refractivity contribution in [1.82, 2.24) is 19.9 Å². The van der Waals surface area contributed by atoms with Gasteiger partial charge in [0.2, 0.25) is 0 Å². The predicted octanol–water partition coefficient (Wildman–Crippen LogP) is 4.20. The predicted molar refractivity (Wildman–Crippen MR) is 121 cm³/mol. The summed E-state index contributed by atoms with van der Waals surface area (Å²) in [6.07, 6.45) is 1.86. The molecule has 0 aliphatic carbocycles. The Morgan fingerprint density at radius 2 is 1.90 bits per heavy atom. The first kappa shape index (κ1) is 19.1. The lowest BCUT2D eigenvalue weighted by molar-refractivity contribution is 0.183. The Bertz CT molecular complexity index is 1230. The van der Waals surface area contributed by atoms with Crippen LogP contribution in [0.2, 0.25) is 5.02 Å². The normalized spacial score (nSPS) is 14.7. The van der Waals surface area contributed by atoms with Crippen molar-refractivity contribution >= 4 is 45.6 Å². The lowest BCUT2D eigenvalue weighted by Gasteiger charge is -2.45. The Labute approximate surface area is 179 Å². The van der Waals surface area contributed by atoms with Crippen molar-refractivity contribution < 1.29 is 4.42 Å². The lowest BCUT2D eigenvalue weighted by Crippen LogP contribution is -2.59. The summed E-state index contributed by atoms with van der Waals surface area (Å²) in [6.45, 7) is 8.53. The molecule has 30 heavy (non-hydrogen) atoms. The van der Waals surface area contributed by atoms with Gasteiger partial charge in [0.15, 0.2) is 5.58 Å². The molecule has 0 unspecified atom stereocenters. The average Bonchev–Trinajstić information content (AvgIpc) is 3.07. The number of likely N-dealkylation sites (N-methyl/N-ethyl adjacent to an activating group) is 1. The van der Waals surface area contributed by atoms with Crippen LogP contribution in [0.15, 0.2) is 40.9 Å². The number of rotatable bonds is 5. The second kappa shape index (κ2) is 7.41. The van der Waals surface area contributed by atoms with Crippen molar-refractivity contribution in [2.24, 2.45) is 0 Å². The number of hydrogen-bond donors (Lipinski definition) is 1. The van der Waals surface area contributed by atoms with Gasteiger partial charge in [0.1, 0.15) is 11.3 Å². The Hall–Kier alpha value is -2.90. The number of oxazole rings is 1. The van der Waals surface area contributed by atoms with E-state index >= 15 is 0 Å². The summed E-state index contributed by atoms with van der Waals surface area (Å²) in [5, 5.41) is 0.576. The van der Waals surface area contributed by atoms with Gasteiger partial charge < -0.3 is 15.1 Å². The van der Waals surface area contributed by atoms with Crippen LogP contribution in [0.4, 0.5) is 11.8 Å². The molecule has 0 radical (unpaired) electrons. The molecule has 0 amide bonds. The number of nitrogen functional groups attached to an aromatic ring is 1. The average molecular weight is 423 g/mol. The molecular formula is C22H23ClN6O. The van der Waals surface area contributed by atoms with E-state index in [1.54, 1.807) is 6.07 Å². The first-order valence-electron chi connectivity index (χ1n) is 10.2. The van der Waals surface area contributed by atoms with Crippen molar-refractivity contribution in [2.75, 3.05) is 36.8 Å². The van der Waals surface area contributed by atoms with Gasteiger partial charge in [-0.1, -0.05) is 31.5 Å². The van der Waals surface area contributed by atoms with Crippen LogP contribution in [-0.2, 0) is 0 Å². The third kappa shape index (κ3) is 3.24. The highest BCUT2D eigenvalue weighted by Crippen LogP contribution is 2.34. The molecule has 2 aromatic heterocycles. The molecule has 0 bridgehead atoms. The Morgan fingerprint density at radius 3 is 2.67 bits per heavy atom. The van der Waals surface area contributed by atoms with E-state index in [9.17, 15) is 0 Å². The highest BCUT2D eigenvalue weighted by atomic mass is 35.5. The number of fused-ring (bicyclic) bond motifs is 2. The highest BCUT2D eigenvalue weighted by molar-refractivity contribution is 6.34. The van der Waals surface area contributed by atoms with Crippen LogP contribution >= 0.6 is 11.6 Å². The molecule has 1 saturated heterocycles. The summed E-state index contributed by atoms with van der Waals surface area (Å²) in [4.78, 5) is 18.5. The highest BCUT2D eigenvalue weighted by Gasteiger charge is 2.31. The van der Waals surface area contributed by atoms with Crippen molar-refractivity contribution in [3.05, 3.63) is 41.6 Å². The van der Waals surface area contributed by atoms with Gasteiger partial charge in [-0.05, 0) is 36.9 Å². The summed E-state index contributed by atoms with van der Waals surface area (Å²) in [6, 6.07) is 10.3. The number of nitrogens with two attached hydrogens (primary N) is 1. The molecule has 4 aromatic rings. The van der Waals surface area contributed by atoms with Crippen molar-refractivity contribution in [3.63, 3.8) is 0 Å². The van der Waals surface area contributed by atoms with Gasteiger partial charge in [0.25, 0.3) is 6.01 Å². The Morgan fingerprint density at radius 1 is 1.10 bits per heavy atom. The zero-order chi connectivity index (χ0) is 20.8. The van der Waals surface area contributed by atoms with E-state index in [1.807, 2.05) is 30.5 Å². The number of hydrogen-bond acceptors (Lipinski definition) is 7. The van der Waals surface area contributed by atoms with Gasteiger partial charge in [-0.3, -0.25) is 9.88 Å². The minimum atomic E-state index is 0.129. The molecule has 8 heteroatoms. The SMILES string of the molecule is CCN(CC)C1CN(c2cnc3ccc(-c4cc5nc(N)oc5cc4Cl)cc3n2)C1. The van der Waals surface area contributed by atoms with Crippen LogP contribution in [0.5, 0.6) is 0 Å². The number of benzene rings is 2. The minimum absolute atomic E-state index is 0.129. The van der Waals surface area contributed by atoms with Crippen molar-refractivity contribution in [1.29, 1.82) is 0 Å². The quantitative estimate of drug-likeness (QED) is 0.515. The number of halogens is 1. The lowest BCUT2D eigenvalue weighted by atomic mass is 10.0. The van der Waals surface area contributed by atoms with Gasteiger partial charge in [0.05, 0.1) is 22.3 Å². The first-order chi connectivity index (χ1) is 14.6. The van der Waals surface area contributed by atoms with Gasteiger partial charge in [-0.15, -0.1) is 0 Å². The van der Waals surface area contributed by atoms with Gasteiger partial charge >= 0.3 is 0 Å². The topological polar surface area (TPSA) is 84.3 Å². The van der Waals surface area contributed by atoms with Crippen LogP contribution in [0.3, 0.4) is 0 Å². The monoisotopic (exact) mass is 422 g/mol. The maximum absolute atomic E-state index is 6.51. The maximum Gasteiger partial charge on any atom is 0.292 e. The molecule has 0 saturated carbocycles. The summed E-state index contributed by atoms with van der Waals surface area (Å²) in [5.74, 6) is 0.911. The molecule has 1 aliphatic heterocycles. The number of aromatic nitrogens is 3. The summed E-state index contributed by atoms with van der Waals surface area (Å²) in [5.41, 5.74) is 10.4. The van der Waals surface area contributed by atoms with Crippen LogP contribution in [0, 0.1) is 0 Å². The maximum atomic E-state index is 6.51. The second-order valence-electron chi connectivity index (χ2n) is 7.56. The Balaban J connectivity index is 1.47. The van der Waals surface area contributed by atoms with E-state index < -0.39 is 0 Å². The van der Waals surface area contributed by atoms with E-state index in [0.717, 1.165) is 54.2 Å². The van der Waals surface area contributed by atoms with Crippen molar-refractivity contribution in [2.45, 2.75) is 19.9 Å². The summed E-state index contributed by atoms with van der Waals surface area (Å²) >= 11 is 6.51. The van der Waals surface area contributed by atoms with E-state index in [1.165, 1.54) is 0 Å². The fraction of sp³-hybridized carbons (Fsp3) is 0.318. The number of nitrogens with zero attached hydrogens (tertiary/aromatic N) is 5. The molecule has 2 aromatic carbocycles. The zero-order valence-electron chi connectivity index (χ0n) is 17.0. The second-order valence-corrected chi connectivity index (χ2v) is 7.97. The third-order valence-electron chi connectivity index (χ3n) is 5.85. The van der Waals surface area contributed by atoms with Gasteiger partial charge in [0, 0.05) is 30.8 Å². The fourth-order valence-corrected chi connectivity index (χ4v) is 4.39. The van der Waals surface area contributed by atoms with Crippen LogP contribution in [0.1, 0.15) is 13.8 Å². The zero-order valence-corrected chi connectivity index (χ0v) is 17.7. The van der Waals surface area contributed by atoms with Crippen LogP contribution < -0.4 is 10.6 Å².